The molecule has 0 saturated heterocycles. The molecule has 3 heteroatoms. The number of aromatic nitrogens is 2. The topological polar surface area (TPSA) is 29.9 Å². The van der Waals surface area contributed by atoms with E-state index < -0.39 is 0 Å². The first kappa shape index (κ1) is 11.9. The van der Waals surface area contributed by atoms with E-state index in [0.29, 0.717) is 6.04 Å². The van der Waals surface area contributed by atoms with Crippen molar-refractivity contribution >= 4 is 0 Å². The molecular formula is C14H19N3. The highest BCUT2D eigenvalue weighted by molar-refractivity contribution is 5.13. The van der Waals surface area contributed by atoms with Crippen LogP contribution in [0.2, 0.25) is 0 Å². The van der Waals surface area contributed by atoms with Crippen LogP contribution in [0.25, 0.3) is 0 Å². The van der Waals surface area contributed by atoms with Crippen molar-refractivity contribution in [3.8, 4) is 0 Å². The van der Waals surface area contributed by atoms with Gasteiger partial charge in [-0.25, -0.2) is 0 Å². The molecule has 1 N–H and O–H groups in total. The third kappa shape index (κ3) is 2.94. The quantitative estimate of drug-likeness (QED) is 0.853. The molecule has 0 aliphatic carbocycles. The number of rotatable bonds is 5. The maximum Gasteiger partial charge on any atom is 0.0443 e. The zero-order chi connectivity index (χ0) is 12.1. The molecule has 3 nitrogen and oxygen atoms in total. The van der Waals surface area contributed by atoms with E-state index >= 15 is 0 Å². The van der Waals surface area contributed by atoms with Gasteiger partial charge in [-0.15, -0.1) is 0 Å². The fourth-order valence-electron chi connectivity index (χ4n) is 1.97. The molecule has 2 aromatic heterocycles. The summed E-state index contributed by atoms with van der Waals surface area (Å²) in [5, 5.41) is 3.27. The van der Waals surface area contributed by atoms with E-state index in [2.05, 4.69) is 46.2 Å². The number of nitrogens with zero attached hydrogens (tertiary/aromatic N) is 2. The maximum absolute atomic E-state index is 4.14. The van der Waals surface area contributed by atoms with E-state index in [-0.39, 0.29) is 0 Å². The minimum atomic E-state index is 0.388. The van der Waals surface area contributed by atoms with Crippen molar-refractivity contribution in [1.82, 2.24) is 14.9 Å². The van der Waals surface area contributed by atoms with Crippen molar-refractivity contribution in [3.63, 3.8) is 0 Å². The van der Waals surface area contributed by atoms with E-state index in [1.807, 2.05) is 25.5 Å². The Morgan fingerprint density at radius 2 is 2.24 bits per heavy atom. The van der Waals surface area contributed by atoms with Crippen LogP contribution in [0.15, 0.2) is 42.9 Å². The predicted molar refractivity (Wildman–Crippen MR) is 69.8 cm³/mol. The predicted octanol–water partition coefficient (Wildman–Crippen LogP) is 2.41. The lowest BCUT2D eigenvalue weighted by Gasteiger charge is -2.14. The van der Waals surface area contributed by atoms with E-state index in [1.165, 1.54) is 11.3 Å². The van der Waals surface area contributed by atoms with Gasteiger partial charge < -0.3 is 9.88 Å². The minimum absolute atomic E-state index is 0.388. The number of hydrogen-bond donors (Lipinski definition) is 1. The fourth-order valence-corrected chi connectivity index (χ4v) is 1.97. The van der Waals surface area contributed by atoms with Crippen LogP contribution in [0, 0.1) is 0 Å². The molecule has 2 heterocycles. The van der Waals surface area contributed by atoms with Crippen LogP contribution in [0.4, 0.5) is 0 Å². The van der Waals surface area contributed by atoms with Crippen molar-refractivity contribution in [2.45, 2.75) is 25.9 Å². The Kier molecular flexibility index (Phi) is 3.94. The molecule has 17 heavy (non-hydrogen) atoms. The number of pyridine rings is 1. The Morgan fingerprint density at radius 1 is 1.35 bits per heavy atom. The Morgan fingerprint density at radius 3 is 2.94 bits per heavy atom. The van der Waals surface area contributed by atoms with E-state index in [4.69, 9.17) is 0 Å². The van der Waals surface area contributed by atoms with Crippen LogP contribution in [-0.4, -0.2) is 16.6 Å². The molecule has 0 fully saturated rings. The third-order valence-electron chi connectivity index (χ3n) is 3.11. The van der Waals surface area contributed by atoms with Crippen molar-refractivity contribution < 1.29 is 0 Å². The molecule has 0 aliphatic rings. The van der Waals surface area contributed by atoms with Gasteiger partial charge in [0.15, 0.2) is 0 Å². The van der Waals surface area contributed by atoms with Crippen LogP contribution < -0.4 is 5.32 Å². The average molecular weight is 229 g/mol. The molecule has 0 aromatic carbocycles. The standard InChI is InChI=1S/C14H19N3/c1-12(15-2)14-6-4-9-17(14)10-7-13-5-3-8-16-11-13/h3-6,8-9,11-12,15H,7,10H2,1-2H3. The Hall–Kier alpha value is -1.61. The molecule has 0 amide bonds. The summed E-state index contributed by atoms with van der Waals surface area (Å²) >= 11 is 0. The average Bonchev–Trinajstić information content (AvgIpc) is 2.85. The largest absolute Gasteiger partial charge is 0.350 e. The molecule has 0 saturated carbocycles. The molecule has 1 atom stereocenters. The molecule has 1 unspecified atom stereocenters. The molecule has 0 aliphatic heterocycles. The number of hydrogen-bond acceptors (Lipinski definition) is 2. The van der Waals surface area contributed by atoms with Crippen LogP contribution in [0.5, 0.6) is 0 Å². The summed E-state index contributed by atoms with van der Waals surface area (Å²) in [7, 11) is 1.99. The summed E-state index contributed by atoms with van der Waals surface area (Å²) in [6, 6.07) is 8.77. The highest BCUT2D eigenvalue weighted by Crippen LogP contribution is 2.13. The second-order valence-electron chi connectivity index (χ2n) is 4.25. The van der Waals surface area contributed by atoms with Crippen LogP contribution in [-0.2, 0) is 13.0 Å². The second-order valence-corrected chi connectivity index (χ2v) is 4.25. The summed E-state index contributed by atoms with van der Waals surface area (Å²) < 4.78 is 2.30. The van der Waals surface area contributed by atoms with Crippen molar-refractivity contribution in [1.29, 1.82) is 0 Å². The Labute approximate surface area is 103 Å². The summed E-state index contributed by atoms with van der Waals surface area (Å²) in [5.41, 5.74) is 2.61. The highest BCUT2D eigenvalue weighted by Gasteiger charge is 2.07. The van der Waals surface area contributed by atoms with Gasteiger partial charge in [0.1, 0.15) is 0 Å². The fraction of sp³-hybridized carbons (Fsp3) is 0.357. The zero-order valence-electron chi connectivity index (χ0n) is 10.4. The molecule has 2 rings (SSSR count). The monoisotopic (exact) mass is 229 g/mol. The van der Waals surface area contributed by atoms with Crippen LogP contribution in [0.1, 0.15) is 24.2 Å². The van der Waals surface area contributed by atoms with Crippen LogP contribution in [0.3, 0.4) is 0 Å². The lowest BCUT2D eigenvalue weighted by atomic mass is 10.2. The summed E-state index contributed by atoms with van der Waals surface area (Å²) in [4.78, 5) is 4.14. The smallest absolute Gasteiger partial charge is 0.0443 e. The highest BCUT2D eigenvalue weighted by atomic mass is 15.0. The van der Waals surface area contributed by atoms with E-state index in [1.54, 1.807) is 0 Å². The van der Waals surface area contributed by atoms with Crippen molar-refractivity contribution in [2.75, 3.05) is 7.05 Å². The van der Waals surface area contributed by atoms with E-state index in [9.17, 15) is 0 Å². The van der Waals surface area contributed by atoms with Gasteiger partial charge in [0, 0.05) is 36.9 Å². The molecule has 0 spiro atoms. The Balaban J connectivity index is 2.02. The zero-order valence-corrected chi connectivity index (χ0v) is 10.4. The van der Waals surface area contributed by atoms with Crippen LogP contribution >= 0.6 is 0 Å². The first-order valence-corrected chi connectivity index (χ1v) is 6.02. The SMILES string of the molecule is CNC(C)c1cccn1CCc1cccnc1. The summed E-state index contributed by atoms with van der Waals surface area (Å²) in [6.07, 6.45) is 6.91. The van der Waals surface area contributed by atoms with Gasteiger partial charge in [0.05, 0.1) is 0 Å². The van der Waals surface area contributed by atoms with Gasteiger partial charge >= 0.3 is 0 Å². The summed E-state index contributed by atoms with van der Waals surface area (Å²) in [5.74, 6) is 0. The Bertz CT molecular complexity index is 448. The van der Waals surface area contributed by atoms with Gasteiger partial charge in [0.2, 0.25) is 0 Å². The molecule has 2 aromatic rings. The first-order chi connectivity index (χ1) is 8.31. The minimum Gasteiger partial charge on any atom is -0.350 e. The van der Waals surface area contributed by atoms with E-state index in [0.717, 1.165) is 13.0 Å². The van der Waals surface area contributed by atoms with Crippen molar-refractivity contribution in [3.05, 3.63) is 54.1 Å². The van der Waals surface area contributed by atoms with Gasteiger partial charge in [-0.3, -0.25) is 4.98 Å². The van der Waals surface area contributed by atoms with Gasteiger partial charge in [0.25, 0.3) is 0 Å². The molecule has 90 valence electrons. The number of nitrogens with one attached hydrogen (secondary N) is 1. The number of aryl methyl sites for hydroxylation is 2. The molecule has 0 bridgehead atoms. The lowest BCUT2D eigenvalue weighted by Crippen LogP contribution is -2.17. The summed E-state index contributed by atoms with van der Waals surface area (Å²) in [6.45, 7) is 3.18. The van der Waals surface area contributed by atoms with Gasteiger partial charge in [-0.2, -0.15) is 0 Å². The first-order valence-electron chi connectivity index (χ1n) is 6.02. The van der Waals surface area contributed by atoms with Gasteiger partial charge in [-0.05, 0) is 44.2 Å². The normalized spacial score (nSPS) is 12.6. The third-order valence-corrected chi connectivity index (χ3v) is 3.11. The second kappa shape index (κ2) is 5.64. The molecule has 0 radical (unpaired) electrons. The maximum atomic E-state index is 4.14. The van der Waals surface area contributed by atoms with Crippen molar-refractivity contribution in [2.24, 2.45) is 0 Å². The van der Waals surface area contributed by atoms with Gasteiger partial charge in [-0.1, -0.05) is 6.07 Å². The molecular weight excluding hydrogens is 210 g/mol. The lowest BCUT2D eigenvalue weighted by molar-refractivity contribution is 0.567.